The Balaban J connectivity index is 2.31. The minimum Gasteiger partial charge on any atom is -0.496 e. The van der Waals surface area contributed by atoms with Crippen molar-refractivity contribution in [1.82, 2.24) is 0 Å². The summed E-state index contributed by atoms with van der Waals surface area (Å²) in [6.45, 7) is 2.13. The van der Waals surface area contributed by atoms with Gasteiger partial charge >= 0.3 is 0 Å². The summed E-state index contributed by atoms with van der Waals surface area (Å²) in [5, 5.41) is 0. The Kier molecular flexibility index (Phi) is 4.24. The Morgan fingerprint density at radius 3 is 2.00 bits per heavy atom. The molecule has 0 bridgehead atoms. The zero-order valence-electron chi connectivity index (χ0n) is 13.0. The Hall–Kier alpha value is -2.54. The fourth-order valence-corrected chi connectivity index (χ4v) is 2.79. The average molecular weight is 287 g/mol. The molecule has 0 unspecified atom stereocenters. The number of hydrogen-bond acceptors (Lipinski definition) is 1. The Bertz CT molecular complexity index is 746. The van der Waals surface area contributed by atoms with Crippen LogP contribution >= 0.6 is 0 Å². The summed E-state index contributed by atoms with van der Waals surface area (Å²) in [7, 11) is 1.74. The van der Waals surface area contributed by atoms with Gasteiger partial charge in [-0.15, -0.1) is 0 Å². The van der Waals surface area contributed by atoms with Crippen molar-refractivity contribution in [2.45, 2.75) is 13.3 Å². The number of ether oxygens (including phenoxy) is 1. The fraction of sp³-hybridized carbons (Fsp3) is 0.143. The molecule has 0 amide bonds. The predicted molar refractivity (Wildman–Crippen MR) is 92.1 cm³/mol. The molecule has 0 fully saturated rings. The molecule has 0 aromatic heterocycles. The van der Waals surface area contributed by atoms with Crippen LogP contribution in [0.1, 0.15) is 12.5 Å². The predicted octanol–water partition coefficient (Wildman–Crippen LogP) is 5.39. The van der Waals surface area contributed by atoms with Crippen molar-refractivity contribution in [3.8, 4) is 28.0 Å². The molecule has 0 saturated heterocycles. The molecule has 109 valence electrons. The van der Waals surface area contributed by atoms with Crippen molar-refractivity contribution in [3.05, 3.63) is 78.4 Å². The van der Waals surface area contributed by atoms with Gasteiger partial charge in [0.2, 0.25) is 0 Å². The van der Waals surface area contributed by atoms with Crippen LogP contribution in [0.15, 0.2) is 66.7 Å². The smallest absolute Gasteiger partial charge is 0.131 e. The van der Waals surface area contributed by atoms with Gasteiger partial charge in [-0.3, -0.25) is 0 Å². The van der Waals surface area contributed by atoms with E-state index in [0.29, 0.717) is 0 Å². The molecule has 3 aromatic rings. The summed E-state index contributed by atoms with van der Waals surface area (Å²) in [4.78, 5) is 0. The van der Waals surface area contributed by atoms with Gasteiger partial charge in [0.1, 0.15) is 5.75 Å². The second-order valence-corrected chi connectivity index (χ2v) is 5.17. The highest BCUT2D eigenvalue weighted by molar-refractivity contribution is 5.88. The first-order chi connectivity index (χ1) is 10.8. The number of benzene rings is 3. The highest BCUT2D eigenvalue weighted by atomic mass is 16.5. The summed E-state index contributed by atoms with van der Waals surface area (Å²) >= 11 is 0. The molecule has 1 nitrogen and oxygen atoms in total. The van der Waals surface area contributed by atoms with Gasteiger partial charge in [0.05, 0.1) is 7.11 Å². The topological polar surface area (TPSA) is 9.23 Å². The first kappa shape index (κ1) is 14.4. The molecule has 0 atom stereocenters. The SMILES string of the molecule is CCc1[c]cc(-c2ccccc2)c(-c2ccccc2)c1OC. The monoisotopic (exact) mass is 287 g/mol. The lowest BCUT2D eigenvalue weighted by Gasteiger charge is -2.17. The third kappa shape index (κ3) is 2.62. The summed E-state index contributed by atoms with van der Waals surface area (Å²) in [5.41, 5.74) is 5.76. The second kappa shape index (κ2) is 6.48. The number of hydrogen-bond donors (Lipinski definition) is 0. The van der Waals surface area contributed by atoms with Gasteiger partial charge in [0.15, 0.2) is 0 Å². The highest BCUT2D eigenvalue weighted by Gasteiger charge is 2.16. The van der Waals surface area contributed by atoms with Crippen molar-refractivity contribution in [1.29, 1.82) is 0 Å². The molecule has 1 radical (unpaired) electrons. The van der Waals surface area contributed by atoms with Gasteiger partial charge in [-0.2, -0.15) is 0 Å². The number of aryl methyl sites for hydroxylation is 1. The quantitative estimate of drug-likeness (QED) is 0.625. The van der Waals surface area contributed by atoms with Crippen molar-refractivity contribution >= 4 is 0 Å². The molecule has 22 heavy (non-hydrogen) atoms. The molecule has 0 aliphatic heterocycles. The van der Waals surface area contributed by atoms with E-state index in [2.05, 4.69) is 67.6 Å². The van der Waals surface area contributed by atoms with Crippen LogP contribution in [0.5, 0.6) is 5.75 Å². The lowest BCUT2D eigenvalue weighted by Crippen LogP contribution is -1.97. The molecular weight excluding hydrogens is 268 g/mol. The highest BCUT2D eigenvalue weighted by Crippen LogP contribution is 2.41. The average Bonchev–Trinajstić information content (AvgIpc) is 2.61. The number of rotatable bonds is 4. The van der Waals surface area contributed by atoms with E-state index < -0.39 is 0 Å². The van der Waals surface area contributed by atoms with Crippen LogP contribution in [0.3, 0.4) is 0 Å². The van der Waals surface area contributed by atoms with Crippen molar-refractivity contribution < 1.29 is 4.74 Å². The summed E-state index contributed by atoms with van der Waals surface area (Å²) < 4.78 is 5.75. The summed E-state index contributed by atoms with van der Waals surface area (Å²) in [6.07, 6.45) is 0.901. The van der Waals surface area contributed by atoms with Crippen molar-refractivity contribution in [2.75, 3.05) is 7.11 Å². The van der Waals surface area contributed by atoms with E-state index in [9.17, 15) is 0 Å². The Labute approximate surface area is 132 Å². The van der Waals surface area contributed by atoms with Crippen LogP contribution in [0.4, 0.5) is 0 Å². The molecule has 1 heteroatoms. The van der Waals surface area contributed by atoms with Gasteiger partial charge in [-0.25, -0.2) is 0 Å². The zero-order valence-corrected chi connectivity index (χ0v) is 13.0. The molecular formula is C21H19O. The van der Waals surface area contributed by atoms with E-state index in [4.69, 9.17) is 4.74 Å². The maximum absolute atomic E-state index is 5.75. The van der Waals surface area contributed by atoms with Gasteiger partial charge in [0, 0.05) is 11.1 Å². The first-order valence-electron chi connectivity index (χ1n) is 7.57. The van der Waals surface area contributed by atoms with E-state index >= 15 is 0 Å². The Morgan fingerprint density at radius 1 is 0.864 bits per heavy atom. The van der Waals surface area contributed by atoms with Gasteiger partial charge in [-0.1, -0.05) is 67.6 Å². The molecule has 0 saturated carbocycles. The van der Waals surface area contributed by atoms with E-state index in [1.165, 1.54) is 11.1 Å². The summed E-state index contributed by atoms with van der Waals surface area (Å²) in [6, 6.07) is 26.3. The fourth-order valence-electron chi connectivity index (χ4n) is 2.79. The largest absolute Gasteiger partial charge is 0.496 e. The van der Waals surface area contributed by atoms with E-state index in [-0.39, 0.29) is 0 Å². The van der Waals surface area contributed by atoms with Crippen LogP contribution in [0, 0.1) is 6.07 Å². The zero-order chi connectivity index (χ0) is 15.4. The lowest BCUT2D eigenvalue weighted by atomic mass is 9.91. The molecule has 0 N–H and O–H groups in total. The molecule has 3 rings (SSSR count). The lowest BCUT2D eigenvalue weighted by molar-refractivity contribution is 0.412. The van der Waals surface area contributed by atoms with E-state index in [1.807, 2.05) is 12.1 Å². The van der Waals surface area contributed by atoms with Crippen molar-refractivity contribution in [2.24, 2.45) is 0 Å². The minimum absolute atomic E-state index is 0.901. The summed E-state index contributed by atoms with van der Waals surface area (Å²) in [5.74, 6) is 0.926. The minimum atomic E-state index is 0.901. The molecule has 0 spiro atoms. The van der Waals surface area contributed by atoms with E-state index in [1.54, 1.807) is 7.11 Å². The van der Waals surface area contributed by atoms with Crippen LogP contribution in [0.25, 0.3) is 22.3 Å². The maximum atomic E-state index is 5.75. The van der Waals surface area contributed by atoms with E-state index in [0.717, 1.165) is 28.9 Å². The number of methoxy groups -OCH3 is 1. The normalized spacial score (nSPS) is 10.5. The van der Waals surface area contributed by atoms with Gasteiger partial charge in [0.25, 0.3) is 0 Å². The van der Waals surface area contributed by atoms with Crippen molar-refractivity contribution in [3.63, 3.8) is 0 Å². The molecule has 0 heterocycles. The maximum Gasteiger partial charge on any atom is 0.131 e. The van der Waals surface area contributed by atoms with Crippen LogP contribution in [0.2, 0.25) is 0 Å². The molecule has 3 aromatic carbocycles. The van der Waals surface area contributed by atoms with Gasteiger partial charge < -0.3 is 4.74 Å². The second-order valence-electron chi connectivity index (χ2n) is 5.17. The third-order valence-electron chi connectivity index (χ3n) is 3.87. The first-order valence-corrected chi connectivity index (χ1v) is 7.57. The van der Waals surface area contributed by atoms with Crippen LogP contribution < -0.4 is 4.74 Å². The molecule has 0 aliphatic carbocycles. The van der Waals surface area contributed by atoms with Crippen LogP contribution in [-0.2, 0) is 6.42 Å². The van der Waals surface area contributed by atoms with Gasteiger partial charge in [-0.05, 0) is 35.2 Å². The standard InChI is InChI=1S/C21H19O/c1-3-16-14-15-19(17-10-6-4-7-11-17)20(21(16)22-2)18-12-8-5-9-13-18/h4-13,15H,3H2,1-2H3. The Morgan fingerprint density at radius 2 is 1.45 bits per heavy atom. The molecule has 0 aliphatic rings. The third-order valence-corrected chi connectivity index (χ3v) is 3.87. The van der Waals surface area contributed by atoms with Crippen LogP contribution in [-0.4, -0.2) is 7.11 Å².